The van der Waals surface area contributed by atoms with E-state index < -0.39 is 10.0 Å². The highest BCUT2D eigenvalue weighted by atomic mass is 79.9. The second-order valence-electron chi connectivity index (χ2n) is 6.27. The molecule has 3 rings (SSSR count). The maximum Gasteiger partial charge on any atom is 0.243 e. The van der Waals surface area contributed by atoms with Crippen molar-refractivity contribution >= 4 is 26.0 Å². The van der Waals surface area contributed by atoms with Crippen LogP contribution in [0.25, 0.3) is 0 Å². The molecule has 0 bridgehead atoms. The van der Waals surface area contributed by atoms with Gasteiger partial charge in [-0.05, 0) is 49.8 Å². The van der Waals surface area contributed by atoms with Gasteiger partial charge in [-0.3, -0.25) is 0 Å². The number of benzene rings is 1. The highest BCUT2D eigenvalue weighted by Crippen LogP contribution is 2.35. The molecule has 1 aromatic carbocycles. The van der Waals surface area contributed by atoms with Crippen molar-refractivity contribution < 1.29 is 8.42 Å². The van der Waals surface area contributed by atoms with Gasteiger partial charge >= 0.3 is 0 Å². The minimum atomic E-state index is -3.36. The quantitative estimate of drug-likeness (QED) is 0.778. The molecule has 21 heavy (non-hydrogen) atoms. The lowest BCUT2D eigenvalue weighted by atomic mass is 9.89. The molecule has 0 saturated heterocycles. The van der Waals surface area contributed by atoms with Gasteiger partial charge in [0.05, 0.1) is 4.90 Å². The van der Waals surface area contributed by atoms with E-state index in [2.05, 4.69) is 15.9 Å². The molecule has 0 aliphatic heterocycles. The van der Waals surface area contributed by atoms with E-state index in [-0.39, 0.29) is 6.04 Å². The van der Waals surface area contributed by atoms with Crippen molar-refractivity contribution in [2.45, 2.75) is 55.9 Å². The molecule has 0 aromatic heterocycles. The second-order valence-corrected chi connectivity index (χ2v) is 9.07. The topological polar surface area (TPSA) is 37.4 Å². The lowest BCUT2D eigenvalue weighted by Crippen LogP contribution is -2.37. The van der Waals surface area contributed by atoms with Crippen molar-refractivity contribution in [1.29, 1.82) is 0 Å². The molecule has 0 heterocycles. The van der Waals surface area contributed by atoms with E-state index in [1.54, 1.807) is 22.5 Å². The third-order valence-corrected chi connectivity index (χ3v) is 6.93. The van der Waals surface area contributed by atoms with Gasteiger partial charge in [0.1, 0.15) is 0 Å². The van der Waals surface area contributed by atoms with Gasteiger partial charge in [-0.2, -0.15) is 4.31 Å². The molecule has 0 N–H and O–H groups in total. The Morgan fingerprint density at radius 3 is 2.43 bits per heavy atom. The first-order chi connectivity index (χ1) is 10.1. The molecular formula is C16H22BrNO2S. The Hall–Kier alpha value is -0.390. The minimum Gasteiger partial charge on any atom is -0.207 e. The van der Waals surface area contributed by atoms with E-state index in [0.29, 0.717) is 17.4 Å². The average molecular weight is 372 g/mol. The lowest BCUT2D eigenvalue weighted by Gasteiger charge is -2.29. The molecule has 0 atom stereocenters. The van der Waals surface area contributed by atoms with Gasteiger partial charge in [0.25, 0.3) is 0 Å². The Morgan fingerprint density at radius 2 is 1.81 bits per heavy atom. The van der Waals surface area contributed by atoms with Gasteiger partial charge in [-0.1, -0.05) is 41.3 Å². The van der Waals surface area contributed by atoms with Crippen molar-refractivity contribution in [2.24, 2.45) is 5.92 Å². The molecule has 0 radical (unpaired) electrons. The third kappa shape index (κ3) is 3.69. The maximum absolute atomic E-state index is 12.9. The first kappa shape index (κ1) is 15.5. The first-order valence-electron chi connectivity index (χ1n) is 7.85. The Bertz CT molecular complexity index is 592. The Balaban J connectivity index is 1.82. The summed E-state index contributed by atoms with van der Waals surface area (Å²) in [5, 5.41) is 0. The molecule has 0 spiro atoms. The standard InChI is InChI=1S/C16H22BrNO2S/c17-14-7-4-8-16(11-14)21(19,20)18(15-9-10-15)12-13-5-2-1-3-6-13/h4,7-8,11,13,15H,1-3,5-6,9-10,12H2. The van der Waals surface area contributed by atoms with Crippen molar-refractivity contribution in [3.8, 4) is 0 Å². The van der Waals surface area contributed by atoms with Crippen LogP contribution in [0.3, 0.4) is 0 Å². The monoisotopic (exact) mass is 371 g/mol. The zero-order valence-corrected chi connectivity index (χ0v) is 14.6. The molecule has 2 aliphatic carbocycles. The van der Waals surface area contributed by atoms with Crippen LogP contribution in [-0.2, 0) is 10.0 Å². The van der Waals surface area contributed by atoms with E-state index in [4.69, 9.17) is 0 Å². The number of hydrogen-bond acceptors (Lipinski definition) is 2. The average Bonchev–Trinajstić information content (AvgIpc) is 3.30. The zero-order valence-electron chi connectivity index (χ0n) is 12.2. The van der Waals surface area contributed by atoms with Crippen LogP contribution in [0.15, 0.2) is 33.6 Å². The SMILES string of the molecule is O=S(=O)(c1cccc(Br)c1)N(CC1CCCCC1)C1CC1. The van der Waals surface area contributed by atoms with Crippen molar-refractivity contribution in [1.82, 2.24) is 4.31 Å². The van der Waals surface area contributed by atoms with E-state index in [0.717, 1.165) is 17.3 Å². The minimum absolute atomic E-state index is 0.232. The number of halogens is 1. The molecule has 2 fully saturated rings. The van der Waals surface area contributed by atoms with Crippen LogP contribution in [-0.4, -0.2) is 25.3 Å². The van der Waals surface area contributed by atoms with E-state index in [9.17, 15) is 8.42 Å². The summed E-state index contributed by atoms with van der Waals surface area (Å²) in [5.74, 6) is 0.543. The van der Waals surface area contributed by atoms with Crippen LogP contribution in [0.1, 0.15) is 44.9 Å². The lowest BCUT2D eigenvalue weighted by molar-refractivity contribution is 0.274. The van der Waals surface area contributed by atoms with Crippen LogP contribution in [0.5, 0.6) is 0 Å². The molecule has 2 saturated carbocycles. The van der Waals surface area contributed by atoms with Crippen LogP contribution >= 0.6 is 15.9 Å². The van der Waals surface area contributed by atoms with Crippen LogP contribution in [0.2, 0.25) is 0 Å². The first-order valence-corrected chi connectivity index (χ1v) is 10.1. The Morgan fingerprint density at radius 1 is 1.10 bits per heavy atom. The van der Waals surface area contributed by atoms with E-state index in [1.165, 1.54) is 32.1 Å². The predicted molar refractivity (Wildman–Crippen MR) is 87.6 cm³/mol. The maximum atomic E-state index is 12.9. The highest BCUT2D eigenvalue weighted by molar-refractivity contribution is 9.10. The number of sulfonamides is 1. The van der Waals surface area contributed by atoms with Gasteiger partial charge in [0.15, 0.2) is 0 Å². The summed E-state index contributed by atoms with van der Waals surface area (Å²) in [6.45, 7) is 0.708. The summed E-state index contributed by atoms with van der Waals surface area (Å²) in [6.07, 6.45) is 8.19. The summed E-state index contributed by atoms with van der Waals surface area (Å²) >= 11 is 3.37. The van der Waals surface area contributed by atoms with Crippen LogP contribution in [0.4, 0.5) is 0 Å². The summed E-state index contributed by atoms with van der Waals surface area (Å²) in [5.41, 5.74) is 0. The molecule has 116 valence electrons. The number of rotatable bonds is 5. The fraction of sp³-hybridized carbons (Fsp3) is 0.625. The fourth-order valence-corrected chi connectivity index (χ4v) is 5.55. The van der Waals surface area contributed by atoms with E-state index >= 15 is 0 Å². The van der Waals surface area contributed by atoms with Crippen molar-refractivity contribution in [3.63, 3.8) is 0 Å². The summed E-state index contributed by atoms with van der Waals surface area (Å²) in [4.78, 5) is 0.416. The fourth-order valence-electron chi connectivity index (χ4n) is 3.19. The van der Waals surface area contributed by atoms with Crippen molar-refractivity contribution in [2.75, 3.05) is 6.54 Å². The molecule has 0 amide bonds. The number of nitrogens with zero attached hydrogens (tertiary/aromatic N) is 1. The van der Waals surface area contributed by atoms with Crippen LogP contribution in [0, 0.1) is 5.92 Å². The largest absolute Gasteiger partial charge is 0.243 e. The molecule has 0 unspecified atom stereocenters. The molecule has 2 aliphatic rings. The molecule has 5 heteroatoms. The van der Waals surface area contributed by atoms with Gasteiger partial charge in [0.2, 0.25) is 10.0 Å². The highest BCUT2D eigenvalue weighted by Gasteiger charge is 2.39. The number of hydrogen-bond donors (Lipinski definition) is 0. The Kier molecular flexibility index (Phi) is 4.71. The molecule has 1 aromatic rings. The molecular weight excluding hydrogens is 350 g/mol. The predicted octanol–water partition coefficient (Wildman–Crippen LogP) is 4.18. The van der Waals surface area contributed by atoms with Gasteiger partial charge in [-0.25, -0.2) is 8.42 Å². The second kappa shape index (κ2) is 6.39. The van der Waals surface area contributed by atoms with Gasteiger partial charge in [-0.15, -0.1) is 0 Å². The normalized spacial score (nSPS) is 20.9. The van der Waals surface area contributed by atoms with Gasteiger partial charge in [0, 0.05) is 17.1 Å². The summed E-state index contributed by atoms with van der Waals surface area (Å²) in [6, 6.07) is 7.31. The summed E-state index contributed by atoms with van der Waals surface area (Å²) in [7, 11) is -3.36. The van der Waals surface area contributed by atoms with Crippen molar-refractivity contribution in [3.05, 3.63) is 28.7 Å². The summed E-state index contributed by atoms with van der Waals surface area (Å²) < 4.78 is 28.5. The smallest absolute Gasteiger partial charge is 0.207 e. The Labute approximate surface area is 135 Å². The van der Waals surface area contributed by atoms with Crippen LogP contribution < -0.4 is 0 Å². The molecule has 3 nitrogen and oxygen atoms in total. The third-order valence-electron chi connectivity index (χ3n) is 4.52. The van der Waals surface area contributed by atoms with E-state index in [1.807, 2.05) is 6.07 Å². The zero-order chi connectivity index (χ0) is 14.9. The van der Waals surface area contributed by atoms with Gasteiger partial charge < -0.3 is 0 Å².